The molecule has 1 aliphatic rings. The van der Waals surface area contributed by atoms with Crippen molar-refractivity contribution in [3.8, 4) is 11.5 Å². The van der Waals surface area contributed by atoms with Crippen molar-refractivity contribution in [3.05, 3.63) is 124 Å². The Morgan fingerprint density at radius 2 is 0.846 bits per heavy atom. The van der Waals surface area contributed by atoms with Crippen molar-refractivity contribution in [3.63, 3.8) is 0 Å². The SMILES string of the molecule is CCCCCCCCCCCCCCCc1ccc(C=CC2=C(c3ccc(CCCCCCCCCCCCCCC)cc3)[N+]2=[N-])cc1.CCCCc1cc([O-])c([O-])c2ccccc12.[Ni]. The summed E-state index contributed by atoms with van der Waals surface area (Å²) < 4.78 is 1.32. The predicted molar refractivity (Wildman–Crippen MR) is 273 cm³/mol. The van der Waals surface area contributed by atoms with Crippen LogP contribution in [-0.2, 0) is 35.8 Å². The van der Waals surface area contributed by atoms with Gasteiger partial charge in [0.2, 0.25) is 0 Å². The van der Waals surface area contributed by atoms with E-state index in [2.05, 4.69) is 75.4 Å². The third-order valence-corrected chi connectivity index (χ3v) is 13.3. The normalized spacial score (nSPS) is 12.2. The molecule has 5 heteroatoms. The minimum atomic E-state index is -0.384. The van der Waals surface area contributed by atoms with Gasteiger partial charge in [-0.1, -0.05) is 248 Å². The van der Waals surface area contributed by atoms with E-state index in [1.54, 1.807) is 12.1 Å². The van der Waals surface area contributed by atoms with E-state index in [4.69, 9.17) is 0 Å². The number of aryl methyl sites for hydroxylation is 3. The standard InChI is InChI=1S/C46H72N2.C14H16O2.Ni/c1-3-5-7-9-11-13-15-17-19-21-23-25-27-29-41-31-33-43(34-32-41)37-40-45-46(48(45)47)44-38-35-42(36-39-44)30-28-26-24-22-20-18-16-14-12-10-8-6-4-2;1-2-3-6-10-9-13(15)14(16)12-8-5-4-7-11(10)12;/h31-40H,3-30H2,1-2H3;4-5,7-9,15-16H,2-3,6H2,1H3;/p-2. The second-order valence-corrected chi connectivity index (χ2v) is 18.8. The fourth-order valence-electron chi connectivity index (χ4n) is 9.05. The van der Waals surface area contributed by atoms with Gasteiger partial charge in [-0.2, -0.15) is 0 Å². The predicted octanol–water partition coefficient (Wildman–Crippen LogP) is 17.7. The molecule has 0 fully saturated rings. The van der Waals surface area contributed by atoms with Gasteiger partial charge in [-0.05, 0) is 89.8 Å². The number of benzene rings is 4. The number of rotatable bonds is 34. The first kappa shape index (κ1) is 55.6. The van der Waals surface area contributed by atoms with Crippen LogP contribution < -0.4 is 10.2 Å². The molecule has 0 saturated heterocycles. The van der Waals surface area contributed by atoms with Crippen LogP contribution in [0.25, 0.3) is 28.1 Å². The Morgan fingerprint density at radius 1 is 0.446 bits per heavy atom. The Kier molecular flexibility index (Phi) is 29.6. The number of allylic oxidation sites excluding steroid dienone is 1. The molecule has 0 bridgehead atoms. The first-order chi connectivity index (χ1) is 31.5. The Morgan fingerprint density at radius 3 is 1.29 bits per heavy atom. The molecule has 65 heavy (non-hydrogen) atoms. The molecule has 0 radical (unpaired) electrons. The van der Waals surface area contributed by atoms with E-state index in [1.165, 1.54) is 201 Å². The molecule has 4 aromatic carbocycles. The Hall–Kier alpha value is -3.69. The van der Waals surface area contributed by atoms with Crippen molar-refractivity contribution in [1.82, 2.24) is 0 Å². The van der Waals surface area contributed by atoms with Gasteiger partial charge in [0, 0.05) is 22.6 Å². The van der Waals surface area contributed by atoms with Gasteiger partial charge in [0.15, 0.2) is 0 Å². The molecule has 1 heterocycles. The average molecular weight is 926 g/mol. The van der Waals surface area contributed by atoms with Crippen LogP contribution >= 0.6 is 0 Å². The Bertz CT molecular complexity index is 1930. The molecular weight excluding hydrogens is 839 g/mol. The van der Waals surface area contributed by atoms with Crippen LogP contribution in [-0.4, -0.2) is 4.70 Å². The van der Waals surface area contributed by atoms with E-state index in [-0.39, 0.29) is 28.0 Å². The summed E-state index contributed by atoms with van der Waals surface area (Å²) >= 11 is 0. The van der Waals surface area contributed by atoms with E-state index >= 15 is 0 Å². The summed E-state index contributed by atoms with van der Waals surface area (Å²) in [7, 11) is 0. The number of hydrogen-bond donors (Lipinski definition) is 0. The van der Waals surface area contributed by atoms with Crippen molar-refractivity contribution >= 4 is 22.5 Å². The molecule has 0 saturated carbocycles. The maximum atomic E-state index is 11.6. The molecule has 1 aliphatic heterocycles. The van der Waals surface area contributed by atoms with Crippen LogP contribution in [0.5, 0.6) is 11.5 Å². The minimum Gasteiger partial charge on any atom is -0.873 e. The molecule has 0 atom stereocenters. The average Bonchev–Trinajstić information content (AvgIpc) is 3.98. The Labute approximate surface area is 407 Å². The van der Waals surface area contributed by atoms with E-state index in [0.29, 0.717) is 5.39 Å². The summed E-state index contributed by atoms with van der Waals surface area (Å²) in [5, 5.41) is 24.6. The van der Waals surface area contributed by atoms with Gasteiger partial charge < -0.3 is 15.7 Å². The van der Waals surface area contributed by atoms with Crippen LogP contribution in [0.4, 0.5) is 0 Å². The fourth-order valence-corrected chi connectivity index (χ4v) is 9.05. The molecule has 360 valence electrons. The number of hydrogen-bond acceptors (Lipinski definition) is 2. The quantitative estimate of drug-likeness (QED) is 0.0266. The van der Waals surface area contributed by atoms with Crippen molar-refractivity contribution in [1.29, 1.82) is 0 Å². The molecule has 0 aliphatic carbocycles. The molecule has 0 spiro atoms. The summed E-state index contributed by atoms with van der Waals surface area (Å²) in [5.41, 5.74) is 18.4. The van der Waals surface area contributed by atoms with E-state index < -0.39 is 0 Å². The first-order valence-electron chi connectivity index (χ1n) is 26.4. The van der Waals surface area contributed by atoms with Crippen LogP contribution in [0.15, 0.2) is 90.6 Å². The monoisotopic (exact) mass is 925 g/mol. The third-order valence-electron chi connectivity index (χ3n) is 13.3. The maximum Gasteiger partial charge on any atom is 0.279 e. The fraction of sp³-hybridized carbons (Fsp3) is 0.567. The molecule has 0 aromatic heterocycles. The van der Waals surface area contributed by atoms with Crippen molar-refractivity contribution in [2.24, 2.45) is 0 Å². The molecule has 0 amide bonds. The van der Waals surface area contributed by atoms with E-state index in [1.807, 2.05) is 18.2 Å². The summed E-state index contributed by atoms with van der Waals surface area (Å²) in [6, 6.07) is 26.6. The number of nitrogens with zero attached hydrogens (tertiary/aromatic N) is 2. The minimum absolute atomic E-state index is 0. The van der Waals surface area contributed by atoms with Crippen LogP contribution in [0, 0.1) is 0 Å². The third kappa shape index (κ3) is 22.1. The van der Waals surface area contributed by atoms with Crippen LogP contribution in [0.1, 0.15) is 228 Å². The summed E-state index contributed by atoms with van der Waals surface area (Å²) in [6.45, 7) is 6.70. The zero-order chi connectivity index (χ0) is 45.5. The number of unbranched alkanes of at least 4 members (excludes halogenated alkanes) is 25. The molecule has 5 rings (SSSR count). The largest absolute Gasteiger partial charge is 0.873 e. The van der Waals surface area contributed by atoms with Crippen molar-refractivity contribution in [2.45, 2.75) is 220 Å². The second-order valence-electron chi connectivity index (χ2n) is 18.8. The topological polar surface area (TPSA) is 71.4 Å². The van der Waals surface area contributed by atoms with Gasteiger partial charge in [-0.3, -0.25) is 0 Å². The van der Waals surface area contributed by atoms with Gasteiger partial charge in [-0.15, -0.1) is 11.5 Å². The van der Waals surface area contributed by atoms with Crippen molar-refractivity contribution in [2.75, 3.05) is 0 Å². The van der Waals surface area contributed by atoms with Crippen molar-refractivity contribution < 1.29 is 31.4 Å². The molecule has 0 unspecified atom stereocenters. The van der Waals surface area contributed by atoms with Gasteiger partial charge in [0.25, 0.3) is 11.4 Å². The molecule has 4 aromatic rings. The summed E-state index contributed by atoms with van der Waals surface area (Å²) in [4.78, 5) is 0. The zero-order valence-electron chi connectivity index (χ0n) is 41.1. The molecule has 4 nitrogen and oxygen atoms in total. The van der Waals surface area contributed by atoms with Gasteiger partial charge in [0.05, 0.1) is 5.56 Å². The van der Waals surface area contributed by atoms with Crippen LogP contribution in [0.2, 0.25) is 0 Å². The van der Waals surface area contributed by atoms with Gasteiger partial charge in [-0.25, -0.2) is 4.70 Å². The van der Waals surface area contributed by atoms with Crippen LogP contribution in [0.3, 0.4) is 0 Å². The summed E-state index contributed by atoms with van der Waals surface area (Å²) in [5.74, 6) is -0.763. The van der Waals surface area contributed by atoms with Gasteiger partial charge >= 0.3 is 0 Å². The van der Waals surface area contributed by atoms with E-state index in [9.17, 15) is 15.7 Å². The summed E-state index contributed by atoms with van der Waals surface area (Å²) in [6.07, 6.45) is 45.9. The molecular formula is C60H86N2NiO2-2. The smallest absolute Gasteiger partial charge is 0.279 e. The van der Waals surface area contributed by atoms with E-state index in [0.717, 1.165) is 53.6 Å². The first-order valence-corrected chi connectivity index (χ1v) is 26.4. The zero-order valence-corrected chi connectivity index (χ0v) is 42.1. The van der Waals surface area contributed by atoms with Gasteiger partial charge in [0.1, 0.15) is 0 Å². The maximum absolute atomic E-state index is 11.6. The molecule has 0 N–H and O–H groups in total. The number of fused-ring (bicyclic) bond motifs is 1. The second kappa shape index (κ2) is 34.6. The Balaban J connectivity index is 0.000000551.